The van der Waals surface area contributed by atoms with Crippen LogP contribution in [0.3, 0.4) is 0 Å². The fourth-order valence-electron chi connectivity index (χ4n) is 2.12. The summed E-state index contributed by atoms with van der Waals surface area (Å²) in [6.07, 6.45) is 1.48. The number of hydrogen-bond donors (Lipinski definition) is 4. The summed E-state index contributed by atoms with van der Waals surface area (Å²) in [6.45, 7) is 0.271. The fourth-order valence-corrected chi connectivity index (χ4v) is 3.08. The first-order chi connectivity index (χ1) is 12.1. The summed E-state index contributed by atoms with van der Waals surface area (Å²) in [7, 11) is 0. The van der Waals surface area contributed by atoms with E-state index < -0.39 is 0 Å². The smallest absolute Gasteiger partial charge is 0.267 e. The van der Waals surface area contributed by atoms with Crippen molar-refractivity contribution in [2.45, 2.75) is 6.54 Å². The predicted molar refractivity (Wildman–Crippen MR) is 101 cm³/mol. The van der Waals surface area contributed by atoms with Crippen LogP contribution in [0.1, 0.15) is 15.2 Å². The predicted octanol–water partition coefficient (Wildman–Crippen LogP) is 3.23. The highest BCUT2D eigenvalue weighted by Gasteiger charge is 2.15. The maximum Gasteiger partial charge on any atom is 0.267 e. The molecule has 25 heavy (non-hydrogen) atoms. The lowest BCUT2D eigenvalue weighted by atomic mass is 10.1. The van der Waals surface area contributed by atoms with Crippen LogP contribution < -0.4 is 22.1 Å². The first-order valence-electron chi connectivity index (χ1n) is 7.31. The molecule has 128 valence electrons. The molecule has 0 fully saturated rings. The van der Waals surface area contributed by atoms with Crippen molar-refractivity contribution in [2.75, 3.05) is 16.4 Å². The van der Waals surface area contributed by atoms with Gasteiger partial charge in [0.2, 0.25) is 0 Å². The Morgan fingerprint density at radius 1 is 1.24 bits per heavy atom. The summed E-state index contributed by atoms with van der Waals surface area (Å²) in [4.78, 5) is 21.2. The number of anilines is 4. The van der Waals surface area contributed by atoms with E-state index in [1.807, 2.05) is 6.07 Å². The van der Waals surface area contributed by atoms with Gasteiger partial charge < -0.3 is 22.1 Å². The number of nitrogens with one attached hydrogen (secondary N) is 2. The zero-order valence-corrected chi connectivity index (χ0v) is 14.6. The Balaban J connectivity index is 1.75. The van der Waals surface area contributed by atoms with Crippen LogP contribution in [0.2, 0.25) is 5.02 Å². The maximum atomic E-state index is 12.5. The summed E-state index contributed by atoms with van der Waals surface area (Å²) >= 11 is 7.34. The third kappa shape index (κ3) is 4.05. The number of halogens is 1. The summed E-state index contributed by atoms with van der Waals surface area (Å²) in [5.74, 6) is 0.638. The quantitative estimate of drug-likeness (QED) is 0.544. The van der Waals surface area contributed by atoms with Gasteiger partial charge >= 0.3 is 0 Å². The molecule has 0 aliphatic carbocycles. The molecule has 0 unspecified atom stereocenters. The average molecular weight is 375 g/mol. The number of benzene rings is 1. The second kappa shape index (κ2) is 7.47. The van der Waals surface area contributed by atoms with E-state index >= 15 is 0 Å². The van der Waals surface area contributed by atoms with Crippen LogP contribution in [-0.4, -0.2) is 15.9 Å². The molecule has 9 heteroatoms. The summed E-state index contributed by atoms with van der Waals surface area (Å²) < 4.78 is 0. The van der Waals surface area contributed by atoms with Crippen molar-refractivity contribution in [1.29, 1.82) is 0 Å². The molecule has 2 aromatic heterocycles. The second-order valence-electron chi connectivity index (χ2n) is 5.03. The lowest BCUT2D eigenvalue weighted by Gasteiger charge is -2.10. The topological polar surface area (TPSA) is 119 Å². The van der Waals surface area contributed by atoms with Crippen LogP contribution in [0, 0.1) is 0 Å². The molecule has 6 N–H and O–H groups in total. The number of para-hydroxylation sites is 1. The number of nitrogens with two attached hydrogens (primary N) is 2. The van der Waals surface area contributed by atoms with Gasteiger partial charge in [0.25, 0.3) is 5.91 Å². The lowest BCUT2D eigenvalue weighted by Crippen LogP contribution is -2.13. The number of hydrogen-bond acceptors (Lipinski definition) is 7. The molecule has 0 aliphatic rings. The number of carbonyl (C=O) groups is 1. The minimum atomic E-state index is -0.311. The molecule has 2 heterocycles. The number of amides is 1. The molecule has 0 atom stereocenters. The third-order valence-electron chi connectivity index (χ3n) is 3.29. The Hall–Kier alpha value is -2.68. The van der Waals surface area contributed by atoms with Crippen LogP contribution in [0.5, 0.6) is 0 Å². The summed E-state index contributed by atoms with van der Waals surface area (Å²) in [5, 5.41) is 6.76. The van der Waals surface area contributed by atoms with Crippen molar-refractivity contribution < 1.29 is 4.79 Å². The molecule has 0 saturated heterocycles. The molecule has 3 aromatic rings. The minimum absolute atomic E-state index is 0.271. The number of aromatic nitrogens is 2. The van der Waals surface area contributed by atoms with Gasteiger partial charge in [-0.15, -0.1) is 0 Å². The van der Waals surface area contributed by atoms with E-state index in [9.17, 15) is 4.79 Å². The van der Waals surface area contributed by atoms with Gasteiger partial charge in [0.15, 0.2) is 5.13 Å². The number of nitrogens with zero attached hydrogens (tertiary/aromatic N) is 2. The molecule has 1 amide bonds. The Labute approximate surface area is 153 Å². The zero-order chi connectivity index (χ0) is 17.8. The third-order valence-corrected chi connectivity index (χ3v) is 4.52. The van der Waals surface area contributed by atoms with Gasteiger partial charge in [-0.3, -0.25) is 4.79 Å². The standard InChI is InChI=1S/C16H15ClN6OS/c17-10-4-1-3-9(7-18)14(10)23-15(24)11-8-20-16(25-11)22-13-6-2-5-12(19)21-13/h1-6,8H,7,18H2,(H,23,24)(H3,19,20,21,22). The van der Waals surface area contributed by atoms with Crippen molar-refractivity contribution in [3.8, 4) is 0 Å². The first-order valence-corrected chi connectivity index (χ1v) is 8.50. The molecular weight excluding hydrogens is 360 g/mol. The second-order valence-corrected chi connectivity index (χ2v) is 6.47. The molecule has 3 rings (SSSR count). The summed E-state index contributed by atoms with van der Waals surface area (Å²) in [6, 6.07) is 10.5. The van der Waals surface area contributed by atoms with E-state index in [0.29, 0.717) is 32.4 Å². The van der Waals surface area contributed by atoms with E-state index in [-0.39, 0.29) is 12.5 Å². The summed E-state index contributed by atoms with van der Waals surface area (Å²) in [5.41, 5.74) is 12.6. The SMILES string of the molecule is NCc1cccc(Cl)c1NC(=O)c1cnc(Nc2cccc(N)n2)s1. The van der Waals surface area contributed by atoms with Crippen LogP contribution in [-0.2, 0) is 6.54 Å². The molecule has 0 aliphatic heterocycles. The van der Waals surface area contributed by atoms with Gasteiger partial charge in [-0.1, -0.05) is 41.1 Å². The first kappa shape index (κ1) is 17.2. The molecular formula is C16H15ClN6OS. The highest BCUT2D eigenvalue weighted by Crippen LogP contribution is 2.28. The largest absolute Gasteiger partial charge is 0.384 e. The Morgan fingerprint density at radius 3 is 2.80 bits per heavy atom. The van der Waals surface area contributed by atoms with Crippen molar-refractivity contribution >= 4 is 51.3 Å². The number of carbonyl (C=O) groups excluding carboxylic acids is 1. The number of thiazole rings is 1. The van der Waals surface area contributed by atoms with Gasteiger partial charge in [-0.25, -0.2) is 9.97 Å². The number of pyridine rings is 1. The molecule has 0 saturated carbocycles. The van der Waals surface area contributed by atoms with Crippen molar-refractivity contribution in [1.82, 2.24) is 9.97 Å². The number of rotatable bonds is 5. The van der Waals surface area contributed by atoms with E-state index in [1.165, 1.54) is 17.5 Å². The maximum absolute atomic E-state index is 12.5. The fraction of sp³-hybridized carbons (Fsp3) is 0.0625. The van der Waals surface area contributed by atoms with Crippen molar-refractivity contribution in [3.63, 3.8) is 0 Å². The van der Waals surface area contributed by atoms with Gasteiger partial charge in [0.05, 0.1) is 16.9 Å². The molecule has 1 aromatic carbocycles. The van der Waals surface area contributed by atoms with E-state index in [0.717, 1.165) is 5.56 Å². The monoisotopic (exact) mass is 374 g/mol. The van der Waals surface area contributed by atoms with Gasteiger partial charge in [-0.2, -0.15) is 0 Å². The minimum Gasteiger partial charge on any atom is -0.384 e. The lowest BCUT2D eigenvalue weighted by molar-refractivity contribution is 0.103. The Morgan fingerprint density at radius 2 is 2.04 bits per heavy atom. The highest BCUT2D eigenvalue weighted by atomic mass is 35.5. The van der Waals surface area contributed by atoms with Gasteiger partial charge in [-0.05, 0) is 23.8 Å². The Kier molecular flexibility index (Phi) is 5.13. The highest BCUT2D eigenvalue weighted by molar-refractivity contribution is 7.17. The normalized spacial score (nSPS) is 10.5. The molecule has 7 nitrogen and oxygen atoms in total. The van der Waals surface area contributed by atoms with Crippen molar-refractivity contribution in [3.05, 3.63) is 58.1 Å². The van der Waals surface area contributed by atoms with Crippen LogP contribution in [0.4, 0.5) is 22.5 Å². The molecule has 0 radical (unpaired) electrons. The van der Waals surface area contributed by atoms with Gasteiger partial charge in [0, 0.05) is 6.54 Å². The van der Waals surface area contributed by atoms with E-state index in [4.69, 9.17) is 23.1 Å². The Bertz CT molecular complexity index is 913. The van der Waals surface area contributed by atoms with Crippen LogP contribution >= 0.6 is 22.9 Å². The molecule has 0 spiro atoms. The zero-order valence-electron chi connectivity index (χ0n) is 13.0. The van der Waals surface area contributed by atoms with E-state index in [1.54, 1.807) is 30.3 Å². The van der Waals surface area contributed by atoms with Crippen LogP contribution in [0.25, 0.3) is 0 Å². The van der Waals surface area contributed by atoms with Crippen molar-refractivity contribution in [2.24, 2.45) is 5.73 Å². The van der Waals surface area contributed by atoms with Crippen LogP contribution in [0.15, 0.2) is 42.6 Å². The van der Waals surface area contributed by atoms with E-state index in [2.05, 4.69) is 20.6 Å². The molecule has 0 bridgehead atoms. The van der Waals surface area contributed by atoms with Gasteiger partial charge in [0.1, 0.15) is 16.5 Å². The average Bonchev–Trinajstić information content (AvgIpc) is 3.05. The number of nitrogen functional groups attached to an aromatic ring is 1.